The molecule has 0 aliphatic heterocycles. The summed E-state index contributed by atoms with van der Waals surface area (Å²) in [6.07, 6.45) is -7.10. The van der Waals surface area contributed by atoms with Gasteiger partial charge in [-0.1, -0.05) is 11.6 Å². The van der Waals surface area contributed by atoms with Gasteiger partial charge in [-0.15, -0.1) is 0 Å². The van der Waals surface area contributed by atoms with E-state index in [1.165, 1.54) is 19.2 Å². The standard InChI is InChI=1S/C11H10ClF3O4/c1-18-8-3-7(12)2-6(4-16)10(8)19-5-9(17)11(13,14)15/h2-4,9,17H,5H2,1H3. The van der Waals surface area contributed by atoms with Crippen LogP contribution in [0.15, 0.2) is 12.1 Å². The van der Waals surface area contributed by atoms with Crippen molar-refractivity contribution >= 4 is 17.9 Å². The zero-order chi connectivity index (χ0) is 14.6. The lowest BCUT2D eigenvalue weighted by Gasteiger charge is -2.17. The van der Waals surface area contributed by atoms with Gasteiger partial charge in [0.2, 0.25) is 0 Å². The molecule has 0 aliphatic rings. The lowest BCUT2D eigenvalue weighted by atomic mass is 10.2. The fraction of sp³-hybridized carbons (Fsp3) is 0.364. The summed E-state index contributed by atoms with van der Waals surface area (Å²) in [6, 6.07) is 2.50. The number of hydrogen-bond donors (Lipinski definition) is 1. The van der Waals surface area contributed by atoms with E-state index in [0.29, 0.717) is 6.29 Å². The van der Waals surface area contributed by atoms with Crippen molar-refractivity contribution in [1.82, 2.24) is 0 Å². The predicted molar refractivity (Wildman–Crippen MR) is 60.9 cm³/mol. The largest absolute Gasteiger partial charge is 0.493 e. The number of ether oxygens (including phenoxy) is 2. The van der Waals surface area contributed by atoms with Gasteiger partial charge >= 0.3 is 6.18 Å². The fourth-order valence-corrected chi connectivity index (χ4v) is 1.46. The Hall–Kier alpha value is -1.47. The van der Waals surface area contributed by atoms with Gasteiger partial charge in [0.15, 0.2) is 23.9 Å². The Morgan fingerprint density at radius 3 is 2.58 bits per heavy atom. The van der Waals surface area contributed by atoms with Crippen LogP contribution >= 0.6 is 11.6 Å². The highest BCUT2D eigenvalue weighted by Gasteiger charge is 2.39. The number of hydrogen-bond acceptors (Lipinski definition) is 4. The number of rotatable bonds is 5. The van der Waals surface area contributed by atoms with Crippen LogP contribution in [0.1, 0.15) is 10.4 Å². The summed E-state index contributed by atoms with van der Waals surface area (Å²) in [5.74, 6) is -0.200. The van der Waals surface area contributed by atoms with Gasteiger partial charge < -0.3 is 14.6 Å². The molecule has 0 saturated carbocycles. The maximum Gasteiger partial charge on any atom is 0.417 e. The van der Waals surface area contributed by atoms with E-state index in [1.807, 2.05) is 0 Å². The van der Waals surface area contributed by atoms with Gasteiger partial charge in [0.05, 0.1) is 12.7 Å². The zero-order valence-electron chi connectivity index (χ0n) is 9.70. The van der Waals surface area contributed by atoms with Gasteiger partial charge in [0.1, 0.15) is 6.61 Å². The van der Waals surface area contributed by atoms with Crippen LogP contribution in [-0.4, -0.2) is 37.4 Å². The maximum atomic E-state index is 12.1. The molecule has 8 heteroatoms. The number of halogens is 4. The Kier molecular flexibility index (Phi) is 5.02. The van der Waals surface area contributed by atoms with Crippen LogP contribution in [-0.2, 0) is 0 Å². The van der Waals surface area contributed by atoms with E-state index in [1.54, 1.807) is 0 Å². The lowest BCUT2D eigenvalue weighted by Crippen LogP contribution is -2.34. The average molecular weight is 299 g/mol. The van der Waals surface area contributed by atoms with Crippen molar-refractivity contribution in [3.63, 3.8) is 0 Å². The minimum absolute atomic E-state index is 0.00368. The molecule has 0 aromatic heterocycles. The Labute approximate surface area is 111 Å². The first-order chi connectivity index (χ1) is 8.79. The van der Waals surface area contributed by atoms with Gasteiger partial charge in [-0.25, -0.2) is 0 Å². The van der Waals surface area contributed by atoms with E-state index < -0.39 is 18.9 Å². The minimum atomic E-state index is -4.80. The second kappa shape index (κ2) is 6.12. The third kappa shape index (κ3) is 4.00. The van der Waals surface area contributed by atoms with Gasteiger partial charge in [-0.2, -0.15) is 13.2 Å². The van der Waals surface area contributed by atoms with Gasteiger partial charge in [0, 0.05) is 11.1 Å². The highest BCUT2D eigenvalue weighted by molar-refractivity contribution is 6.31. The molecule has 0 amide bonds. The highest BCUT2D eigenvalue weighted by Crippen LogP contribution is 2.34. The average Bonchev–Trinajstić information content (AvgIpc) is 2.34. The van der Waals surface area contributed by atoms with Crippen LogP contribution < -0.4 is 9.47 Å². The second-order valence-corrected chi connectivity index (χ2v) is 3.95. The molecule has 1 aromatic rings. The van der Waals surface area contributed by atoms with Gasteiger partial charge in [-0.3, -0.25) is 4.79 Å². The summed E-state index contributed by atoms with van der Waals surface area (Å²) < 4.78 is 46.1. The van der Waals surface area contributed by atoms with Crippen molar-refractivity contribution < 1.29 is 32.5 Å². The molecule has 0 spiro atoms. The SMILES string of the molecule is COc1cc(Cl)cc(C=O)c1OCC(O)C(F)(F)F. The number of aldehydes is 1. The Morgan fingerprint density at radius 2 is 2.11 bits per heavy atom. The Balaban J connectivity index is 2.97. The van der Waals surface area contributed by atoms with Crippen molar-refractivity contribution in [3.05, 3.63) is 22.7 Å². The number of benzene rings is 1. The van der Waals surface area contributed by atoms with Crippen molar-refractivity contribution in [1.29, 1.82) is 0 Å². The van der Waals surface area contributed by atoms with E-state index in [9.17, 15) is 18.0 Å². The van der Waals surface area contributed by atoms with Crippen LogP contribution in [0, 0.1) is 0 Å². The summed E-state index contributed by atoms with van der Waals surface area (Å²) in [5.41, 5.74) is -0.0706. The summed E-state index contributed by atoms with van der Waals surface area (Å²) in [5, 5.41) is 8.99. The molecule has 0 heterocycles. The third-order valence-electron chi connectivity index (χ3n) is 2.16. The molecule has 106 valence electrons. The summed E-state index contributed by atoms with van der Waals surface area (Å²) in [7, 11) is 1.24. The molecule has 19 heavy (non-hydrogen) atoms. The first-order valence-corrected chi connectivity index (χ1v) is 5.37. The molecule has 1 rings (SSSR count). The van der Waals surface area contributed by atoms with E-state index >= 15 is 0 Å². The predicted octanol–water partition coefficient (Wildman–Crippen LogP) is 2.46. The number of aliphatic hydroxyl groups is 1. The van der Waals surface area contributed by atoms with Crippen molar-refractivity contribution in [3.8, 4) is 11.5 Å². The smallest absolute Gasteiger partial charge is 0.417 e. The van der Waals surface area contributed by atoms with Crippen LogP contribution in [0.25, 0.3) is 0 Å². The second-order valence-electron chi connectivity index (χ2n) is 3.51. The molecule has 0 saturated heterocycles. The van der Waals surface area contributed by atoms with Gasteiger partial charge in [-0.05, 0) is 6.07 Å². The van der Waals surface area contributed by atoms with Gasteiger partial charge in [0.25, 0.3) is 0 Å². The van der Waals surface area contributed by atoms with Crippen molar-refractivity contribution in [2.75, 3.05) is 13.7 Å². The topological polar surface area (TPSA) is 55.8 Å². The van der Waals surface area contributed by atoms with Crippen molar-refractivity contribution in [2.45, 2.75) is 12.3 Å². The maximum absolute atomic E-state index is 12.1. The Bertz CT molecular complexity index is 462. The molecule has 1 atom stereocenters. The number of carbonyl (C=O) groups is 1. The monoisotopic (exact) mass is 298 g/mol. The molecular formula is C11H10ClF3O4. The minimum Gasteiger partial charge on any atom is -0.493 e. The van der Waals surface area contributed by atoms with Crippen LogP contribution in [0.2, 0.25) is 5.02 Å². The molecular weight excluding hydrogens is 289 g/mol. The Morgan fingerprint density at radius 1 is 1.47 bits per heavy atom. The molecule has 0 fully saturated rings. The van der Waals surface area contributed by atoms with E-state index in [4.69, 9.17) is 26.2 Å². The third-order valence-corrected chi connectivity index (χ3v) is 2.38. The number of methoxy groups -OCH3 is 1. The number of carbonyl (C=O) groups excluding carboxylic acids is 1. The summed E-state index contributed by atoms with van der Waals surface area (Å²) >= 11 is 5.69. The van der Waals surface area contributed by atoms with Crippen LogP contribution in [0.4, 0.5) is 13.2 Å². The normalized spacial score (nSPS) is 12.9. The first kappa shape index (κ1) is 15.6. The quantitative estimate of drug-likeness (QED) is 0.849. The molecule has 1 N–H and O–H groups in total. The number of aliphatic hydroxyl groups excluding tert-OH is 1. The lowest BCUT2D eigenvalue weighted by molar-refractivity contribution is -0.210. The molecule has 0 bridgehead atoms. The van der Waals surface area contributed by atoms with Crippen LogP contribution in [0.5, 0.6) is 11.5 Å². The van der Waals surface area contributed by atoms with Crippen molar-refractivity contribution in [2.24, 2.45) is 0 Å². The zero-order valence-corrected chi connectivity index (χ0v) is 10.5. The fourth-order valence-electron chi connectivity index (χ4n) is 1.24. The van der Waals surface area contributed by atoms with Crippen LogP contribution in [0.3, 0.4) is 0 Å². The van der Waals surface area contributed by atoms with E-state index in [2.05, 4.69) is 0 Å². The number of alkyl halides is 3. The first-order valence-electron chi connectivity index (χ1n) is 5.00. The molecule has 0 aliphatic carbocycles. The van der Waals surface area contributed by atoms with E-state index in [-0.39, 0.29) is 22.1 Å². The highest BCUT2D eigenvalue weighted by atomic mass is 35.5. The summed E-state index contributed by atoms with van der Waals surface area (Å²) in [6.45, 7) is -1.05. The molecule has 1 aromatic carbocycles. The van der Waals surface area contributed by atoms with E-state index in [0.717, 1.165) is 0 Å². The molecule has 0 radical (unpaired) electrons. The molecule has 4 nitrogen and oxygen atoms in total. The molecule has 1 unspecified atom stereocenters. The summed E-state index contributed by atoms with van der Waals surface area (Å²) in [4.78, 5) is 10.8.